The van der Waals surface area contributed by atoms with Crippen molar-refractivity contribution in [3.63, 3.8) is 0 Å². The Balaban J connectivity index is 1.57. The minimum absolute atomic E-state index is 0.0713. The standard InChI is InChI=1S/C22H16Cl2N2O4S/c23-17-6-3-7-18(20(17)24)26-19(27)12-31-14-10-8-13(9-11-14)25-21(28)15-4-1-2-5-16(15)22(29)30/h1-11H,12H2,(H,25,28)(H,26,27)(H,29,30). The van der Waals surface area contributed by atoms with Crippen LogP contribution in [0.1, 0.15) is 20.7 Å². The van der Waals surface area contributed by atoms with Crippen LogP contribution in [0.2, 0.25) is 10.0 Å². The average Bonchev–Trinajstić information content (AvgIpc) is 2.76. The van der Waals surface area contributed by atoms with Gasteiger partial charge in [-0.05, 0) is 48.5 Å². The molecule has 0 radical (unpaired) electrons. The largest absolute Gasteiger partial charge is 0.478 e. The van der Waals surface area contributed by atoms with Crippen LogP contribution < -0.4 is 10.6 Å². The number of benzene rings is 3. The second-order valence-electron chi connectivity index (χ2n) is 6.27. The number of carboxylic acid groups (broad SMARTS) is 1. The van der Waals surface area contributed by atoms with Crippen LogP contribution in [0.4, 0.5) is 11.4 Å². The highest BCUT2D eigenvalue weighted by atomic mass is 35.5. The van der Waals surface area contributed by atoms with Crippen molar-refractivity contribution in [2.75, 3.05) is 16.4 Å². The molecule has 0 aliphatic heterocycles. The fourth-order valence-electron chi connectivity index (χ4n) is 2.64. The van der Waals surface area contributed by atoms with Gasteiger partial charge in [-0.2, -0.15) is 0 Å². The van der Waals surface area contributed by atoms with Crippen molar-refractivity contribution < 1.29 is 19.5 Å². The van der Waals surface area contributed by atoms with Gasteiger partial charge in [0.15, 0.2) is 0 Å². The van der Waals surface area contributed by atoms with Gasteiger partial charge in [-0.25, -0.2) is 4.79 Å². The van der Waals surface area contributed by atoms with Crippen molar-refractivity contribution >= 4 is 64.1 Å². The van der Waals surface area contributed by atoms with Gasteiger partial charge in [-0.1, -0.05) is 41.4 Å². The van der Waals surface area contributed by atoms with Gasteiger partial charge < -0.3 is 15.7 Å². The summed E-state index contributed by atoms with van der Waals surface area (Å²) in [5.74, 6) is -1.77. The molecule has 158 valence electrons. The summed E-state index contributed by atoms with van der Waals surface area (Å²) in [7, 11) is 0. The lowest BCUT2D eigenvalue weighted by Gasteiger charge is -2.09. The van der Waals surface area contributed by atoms with Crippen LogP contribution in [0.5, 0.6) is 0 Å². The molecule has 3 N–H and O–H groups in total. The van der Waals surface area contributed by atoms with Gasteiger partial charge in [-0.3, -0.25) is 9.59 Å². The fraction of sp³-hybridized carbons (Fsp3) is 0.0455. The maximum Gasteiger partial charge on any atom is 0.336 e. The number of amides is 2. The average molecular weight is 475 g/mol. The summed E-state index contributed by atoms with van der Waals surface area (Å²) in [5, 5.41) is 15.2. The third kappa shape index (κ3) is 6.01. The number of aromatic carboxylic acids is 1. The molecular weight excluding hydrogens is 459 g/mol. The summed E-state index contributed by atoms with van der Waals surface area (Å²) in [6.07, 6.45) is 0. The van der Waals surface area contributed by atoms with E-state index >= 15 is 0 Å². The van der Waals surface area contributed by atoms with Crippen LogP contribution >= 0.6 is 35.0 Å². The normalized spacial score (nSPS) is 10.4. The Morgan fingerprint density at radius 1 is 0.839 bits per heavy atom. The zero-order valence-electron chi connectivity index (χ0n) is 15.9. The van der Waals surface area contributed by atoms with Crippen LogP contribution in [0.3, 0.4) is 0 Å². The SMILES string of the molecule is O=C(CSc1ccc(NC(=O)c2ccccc2C(=O)O)cc1)Nc1cccc(Cl)c1Cl. The highest BCUT2D eigenvalue weighted by Gasteiger charge is 2.16. The van der Waals surface area contributed by atoms with E-state index in [4.69, 9.17) is 23.2 Å². The van der Waals surface area contributed by atoms with Crippen molar-refractivity contribution in [2.45, 2.75) is 4.90 Å². The summed E-state index contributed by atoms with van der Waals surface area (Å²) < 4.78 is 0. The molecule has 0 fully saturated rings. The summed E-state index contributed by atoms with van der Waals surface area (Å²) in [6.45, 7) is 0. The maximum absolute atomic E-state index is 12.4. The van der Waals surface area contributed by atoms with Crippen molar-refractivity contribution in [3.05, 3.63) is 87.9 Å². The highest BCUT2D eigenvalue weighted by Crippen LogP contribution is 2.30. The lowest BCUT2D eigenvalue weighted by atomic mass is 10.1. The predicted molar refractivity (Wildman–Crippen MR) is 124 cm³/mol. The second kappa shape index (κ2) is 10.3. The molecule has 2 amide bonds. The van der Waals surface area contributed by atoms with Crippen molar-refractivity contribution in [1.29, 1.82) is 0 Å². The summed E-state index contributed by atoms with van der Waals surface area (Å²) >= 11 is 13.3. The minimum Gasteiger partial charge on any atom is -0.478 e. The monoisotopic (exact) mass is 474 g/mol. The van der Waals surface area contributed by atoms with E-state index in [2.05, 4.69) is 10.6 Å². The Morgan fingerprint density at radius 3 is 2.19 bits per heavy atom. The fourth-order valence-corrected chi connectivity index (χ4v) is 3.68. The number of carbonyl (C=O) groups is 3. The summed E-state index contributed by atoms with van der Waals surface area (Å²) in [5.41, 5.74) is 0.951. The van der Waals surface area contributed by atoms with Gasteiger partial charge in [0.2, 0.25) is 5.91 Å². The number of hydrogen-bond acceptors (Lipinski definition) is 4. The van der Waals surface area contributed by atoms with Crippen LogP contribution in [0, 0.1) is 0 Å². The number of hydrogen-bond donors (Lipinski definition) is 3. The van der Waals surface area contributed by atoms with E-state index in [1.54, 1.807) is 54.6 Å². The molecule has 0 bridgehead atoms. The third-order valence-electron chi connectivity index (χ3n) is 4.11. The Bertz CT molecular complexity index is 1140. The first-order valence-corrected chi connectivity index (χ1v) is 10.7. The van der Waals surface area contributed by atoms with E-state index in [1.807, 2.05) is 0 Å². The van der Waals surface area contributed by atoms with Gasteiger partial charge in [0.1, 0.15) is 0 Å². The van der Waals surface area contributed by atoms with Crippen molar-refractivity contribution in [1.82, 2.24) is 0 Å². The van der Waals surface area contributed by atoms with Crippen LogP contribution in [0.15, 0.2) is 71.6 Å². The van der Waals surface area contributed by atoms with Crippen molar-refractivity contribution in [3.8, 4) is 0 Å². The number of thioether (sulfide) groups is 1. The molecule has 9 heteroatoms. The molecule has 0 saturated heterocycles. The first-order valence-electron chi connectivity index (χ1n) is 8.95. The molecule has 0 unspecified atom stereocenters. The Hall–Kier alpha value is -3.00. The molecule has 0 aromatic heterocycles. The van der Waals surface area contributed by atoms with Gasteiger partial charge in [0, 0.05) is 10.6 Å². The molecule has 0 heterocycles. The molecular formula is C22H16Cl2N2O4S. The number of anilines is 2. The van der Waals surface area contributed by atoms with E-state index in [9.17, 15) is 19.5 Å². The van der Waals surface area contributed by atoms with E-state index in [1.165, 1.54) is 23.9 Å². The first kappa shape index (κ1) is 22.7. The molecule has 0 aliphatic rings. The zero-order chi connectivity index (χ0) is 22.4. The number of carboxylic acids is 1. The van der Waals surface area contributed by atoms with Gasteiger partial charge in [0.05, 0.1) is 32.6 Å². The quantitative estimate of drug-likeness (QED) is 0.383. The zero-order valence-corrected chi connectivity index (χ0v) is 18.2. The number of carbonyl (C=O) groups excluding carboxylic acids is 2. The Kier molecular flexibility index (Phi) is 7.57. The lowest BCUT2D eigenvalue weighted by Crippen LogP contribution is -2.16. The topological polar surface area (TPSA) is 95.5 Å². The third-order valence-corrected chi connectivity index (χ3v) is 5.94. The number of rotatable bonds is 7. The van der Waals surface area contributed by atoms with Crippen LogP contribution in [-0.2, 0) is 4.79 Å². The van der Waals surface area contributed by atoms with E-state index in [0.717, 1.165) is 4.90 Å². The second-order valence-corrected chi connectivity index (χ2v) is 8.10. The number of nitrogens with one attached hydrogen (secondary N) is 2. The maximum atomic E-state index is 12.4. The lowest BCUT2D eigenvalue weighted by molar-refractivity contribution is -0.113. The van der Waals surface area contributed by atoms with E-state index in [0.29, 0.717) is 16.4 Å². The molecule has 3 rings (SSSR count). The molecule has 3 aromatic rings. The molecule has 0 spiro atoms. The molecule has 3 aromatic carbocycles. The molecule has 0 atom stereocenters. The first-order chi connectivity index (χ1) is 14.8. The molecule has 0 aliphatic carbocycles. The van der Waals surface area contributed by atoms with Gasteiger partial charge >= 0.3 is 5.97 Å². The van der Waals surface area contributed by atoms with E-state index < -0.39 is 11.9 Å². The van der Waals surface area contributed by atoms with Gasteiger partial charge in [-0.15, -0.1) is 11.8 Å². The molecule has 31 heavy (non-hydrogen) atoms. The van der Waals surface area contributed by atoms with Gasteiger partial charge in [0.25, 0.3) is 5.91 Å². The Labute approximate surface area is 192 Å². The van der Waals surface area contributed by atoms with Crippen molar-refractivity contribution in [2.24, 2.45) is 0 Å². The van der Waals surface area contributed by atoms with E-state index in [-0.39, 0.29) is 27.8 Å². The predicted octanol–water partition coefficient (Wildman–Crippen LogP) is 5.67. The molecule has 6 nitrogen and oxygen atoms in total. The van der Waals surface area contributed by atoms with Crippen LogP contribution in [-0.4, -0.2) is 28.6 Å². The number of halogens is 2. The highest BCUT2D eigenvalue weighted by molar-refractivity contribution is 8.00. The van der Waals surface area contributed by atoms with Crippen LogP contribution in [0.25, 0.3) is 0 Å². The summed E-state index contributed by atoms with van der Waals surface area (Å²) in [4.78, 5) is 36.7. The Morgan fingerprint density at radius 2 is 1.52 bits per heavy atom. The smallest absolute Gasteiger partial charge is 0.336 e. The molecule has 0 saturated carbocycles. The minimum atomic E-state index is -1.17. The summed E-state index contributed by atoms with van der Waals surface area (Å²) in [6, 6.07) is 17.8.